The van der Waals surface area contributed by atoms with Crippen LogP contribution in [-0.4, -0.2) is 39.0 Å². The lowest BCUT2D eigenvalue weighted by Crippen LogP contribution is -2.31. The fourth-order valence-electron chi connectivity index (χ4n) is 1.84. The maximum absolute atomic E-state index is 12.0. The number of amides is 1. The van der Waals surface area contributed by atoms with E-state index in [1.165, 1.54) is 0 Å². The van der Waals surface area contributed by atoms with Crippen LogP contribution in [0.2, 0.25) is 0 Å². The van der Waals surface area contributed by atoms with Crippen molar-refractivity contribution in [3.63, 3.8) is 0 Å². The van der Waals surface area contributed by atoms with Gasteiger partial charge in [-0.25, -0.2) is 4.98 Å². The van der Waals surface area contributed by atoms with Crippen LogP contribution in [0.4, 0.5) is 0 Å². The quantitative estimate of drug-likeness (QED) is 0.804. The highest BCUT2D eigenvalue weighted by atomic mass is 16.5. The molecule has 1 atom stereocenters. The molecule has 0 aromatic carbocycles. The lowest BCUT2D eigenvalue weighted by Gasteiger charge is -2.13. The van der Waals surface area contributed by atoms with E-state index in [0.29, 0.717) is 13.2 Å². The molecule has 0 radical (unpaired) electrons. The first-order valence-electron chi connectivity index (χ1n) is 6.47. The molecule has 0 fully saturated rings. The van der Waals surface area contributed by atoms with E-state index in [-0.39, 0.29) is 11.9 Å². The fourth-order valence-corrected chi connectivity index (χ4v) is 1.84. The highest BCUT2D eigenvalue weighted by Gasteiger charge is 2.15. The number of hydrogen-bond donors (Lipinski definition) is 1. The molecule has 1 N–H and O–H groups in total. The van der Waals surface area contributed by atoms with E-state index in [1.54, 1.807) is 42.8 Å². The van der Waals surface area contributed by atoms with Crippen LogP contribution in [0.1, 0.15) is 18.7 Å². The van der Waals surface area contributed by atoms with E-state index in [9.17, 15) is 4.79 Å². The van der Waals surface area contributed by atoms with Crippen molar-refractivity contribution in [2.24, 2.45) is 0 Å². The van der Waals surface area contributed by atoms with Gasteiger partial charge in [0.05, 0.1) is 25.2 Å². The van der Waals surface area contributed by atoms with Crippen LogP contribution in [0.15, 0.2) is 31.0 Å². The molecule has 2 rings (SSSR count). The summed E-state index contributed by atoms with van der Waals surface area (Å²) in [5.74, 6) is -0.0757. The first kappa shape index (κ1) is 14.3. The minimum Gasteiger partial charge on any atom is -0.383 e. The molecule has 2 aromatic heterocycles. The van der Waals surface area contributed by atoms with Gasteiger partial charge in [-0.3, -0.25) is 9.48 Å². The van der Waals surface area contributed by atoms with Crippen LogP contribution in [0.3, 0.4) is 0 Å². The maximum Gasteiger partial charge on any atom is 0.244 e. The number of aromatic nitrogens is 4. The smallest absolute Gasteiger partial charge is 0.244 e. The summed E-state index contributed by atoms with van der Waals surface area (Å²) < 4.78 is 8.62. The van der Waals surface area contributed by atoms with E-state index in [1.807, 2.05) is 11.5 Å². The molecule has 1 amide bonds. The molecule has 108 valence electrons. The average molecular weight is 277 g/mol. The molecular weight excluding hydrogens is 258 g/mol. The van der Waals surface area contributed by atoms with Crippen molar-refractivity contribution in [1.29, 1.82) is 0 Å². The molecule has 2 aromatic rings. The Labute approximate surface area is 117 Å². The minimum absolute atomic E-state index is 0.0757. The minimum atomic E-state index is -0.333. The third kappa shape index (κ3) is 3.45. The molecule has 0 saturated heterocycles. The molecule has 7 heteroatoms. The molecule has 7 nitrogen and oxygen atoms in total. The largest absolute Gasteiger partial charge is 0.383 e. The zero-order valence-electron chi connectivity index (χ0n) is 11.7. The van der Waals surface area contributed by atoms with Crippen LogP contribution < -0.4 is 5.32 Å². The van der Waals surface area contributed by atoms with Gasteiger partial charge in [-0.1, -0.05) is 0 Å². The van der Waals surface area contributed by atoms with Crippen molar-refractivity contribution in [3.8, 4) is 0 Å². The third-order valence-corrected chi connectivity index (χ3v) is 3.08. The van der Waals surface area contributed by atoms with Crippen LogP contribution in [0, 0.1) is 0 Å². The van der Waals surface area contributed by atoms with Gasteiger partial charge >= 0.3 is 0 Å². The molecule has 20 heavy (non-hydrogen) atoms. The fraction of sp³-hybridized carbons (Fsp3) is 0.462. The van der Waals surface area contributed by atoms with Crippen molar-refractivity contribution in [2.75, 3.05) is 13.7 Å². The summed E-state index contributed by atoms with van der Waals surface area (Å²) in [6, 6.07) is 1.46. The number of hydrogen-bond acceptors (Lipinski definition) is 4. The second-order valence-electron chi connectivity index (χ2n) is 4.45. The topological polar surface area (TPSA) is 74.0 Å². The van der Waals surface area contributed by atoms with Crippen molar-refractivity contribution in [3.05, 3.63) is 36.7 Å². The monoisotopic (exact) mass is 277 g/mol. The Kier molecular flexibility index (Phi) is 4.89. The van der Waals surface area contributed by atoms with Gasteiger partial charge in [0.25, 0.3) is 0 Å². The Bertz CT molecular complexity index is 535. The molecule has 0 bridgehead atoms. The van der Waals surface area contributed by atoms with Crippen molar-refractivity contribution in [1.82, 2.24) is 24.6 Å². The number of carbonyl (C=O) groups is 1. The van der Waals surface area contributed by atoms with Crippen LogP contribution >= 0.6 is 0 Å². The highest BCUT2D eigenvalue weighted by molar-refractivity contribution is 5.79. The van der Waals surface area contributed by atoms with Crippen LogP contribution in [0.25, 0.3) is 0 Å². The predicted molar refractivity (Wildman–Crippen MR) is 72.9 cm³/mol. The molecule has 0 aliphatic carbocycles. The number of carbonyl (C=O) groups excluding carboxylic acids is 1. The van der Waals surface area contributed by atoms with Gasteiger partial charge < -0.3 is 14.6 Å². The van der Waals surface area contributed by atoms with Gasteiger partial charge in [-0.2, -0.15) is 5.10 Å². The molecular formula is C13H19N5O2. The summed E-state index contributed by atoms with van der Waals surface area (Å²) in [4.78, 5) is 16.1. The number of rotatable bonds is 7. The summed E-state index contributed by atoms with van der Waals surface area (Å²) in [5, 5.41) is 6.95. The Hall–Kier alpha value is -2.15. The number of ether oxygens (including phenoxy) is 1. The van der Waals surface area contributed by atoms with E-state index in [4.69, 9.17) is 4.74 Å². The van der Waals surface area contributed by atoms with E-state index >= 15 is 0 Å². The standard InChI is InChI=1S/C13H19N5O2/c1-11(18-5-3-4-16-18)13(19)15-9-12-8-14-10-17(12)6-7-20-2/h3-5,8,10-11H,6-7,9H2,1-2H3,(H,15,19)/t11-/m0/s1. The van der Waals surface area contributed by atoms with Crippen LogP contribution in [-0.2, 0) is 22.6 Å². The summed E-state index contributed by atoms with van der Waals surface area (Å²) >= 11 is 0. The van der Waals surface area contributed by atoms with E-state index in [2.05, 4.69) is 15.4 Å². The number of nitrogens with zero attached hydrogens (tertiary/aromatic N) is 4. The summed E-state index contributed by atoms with van der Waals surface area (Å²) in [6.07, 6.45) is 6.91. The molecule has 0 aliphatic heterocycles. The van der Waals surface area contributed by atoms with Gasteiger partial charge in [0.15, 0.2) is 0 Å². The first-order chi connectivity index (χ1) is 9.72. The SMILES string of the molecule is COCCn1cncc1CNC(=O)[C@H](C)n1cccn1. The van der Waals surface area contributed by atoms with Gasteiger partial charge in [-0.05, 0) is 13.0 Å². The number of nitrogens with one attached hydrogen (secondary N) is 1. The summed E-state index contributed by atoms with van der Waals surface area (Å²) in [5.41, 5.74) is 0.947. The zero-order chi connectivity index (χ0) is 14.4. The van der Waals surface area contributed by atoms with Gasteiger partial charge in [-0.15, -0.1) is 0 Å². The van der Waals surface area contributed by atoms with E-state index in [0.717, 1.165) is 12.2 Å². The van der Waals surface area contributed by atoms with Gasteiger partial charge in [0.2, 0.25) is 5.91 Å². The average Bonchev–Trinajstić information content (AvgIpc) is 3.12. The molecule has 0 saturated carbocycles. The highest BCUT2D eigenvalue weighted by Crippen LogP contribution is 2.04. The van der Waals surface area contributed by atoms with Crippen LogP contribution in [0.5, 0.6) is 0 Å². The predicted octanol–water partition coefficient (Wildman–Crippen LogP) is 0.603. The molecule has 0 aliphatic rings. The van der Waals surface area contributed by atoms with Crippen molar-refractivity contribution < 1.29 is 9.53 Å². The lowest BCUT2D eigenvalue weighted by molar-refractivity contribution is -0.124. The summed E-state index contributed by atoms with van der Waals surface area (Å²) in [6.45, 7) is 3.58. The summed E-state index contributed by atoms with van der Waals surface area (Å²) in [7, 11) is 1.66. The van der Waals surface area contributed by atoms with Crippen molar-refractivity contribution >= 4 is 5.91 Å². The van der Waals surface area contributed by atoms with Gasteiger partial charge in [0, 0.05) is 32.2 Å². The Balaban J connectivity index is 1.88. The van der Waals surface area contributed by atoms with Gasteiger partial charge in [0.1, 0.15) is 6.04 Å². The third-order valence-electron chi connectivity index (χ3n) is 3.08. The zero-order valence-corrected chi connectivity index (χ0v) is 11.7. The first-order valence-corrected chi connectivity index (χ1v) is 6.47. The molecule has 0 unspecified atom stereocenters. The normalized spacial score (nSPS) is 12.3. The Morgan fingerprint density at radius 1 is 1.55 bits per heavy atom. The van der Waals surface area contributed by atoms with E-state index < -0.39 is 0 Å². The molecule has 2 heterocycles. The Morgan fingerprint density at radius 3 is 3.10 bits per heavy atom. The number of methoxy groups -OCH3 is 1. The lowest BCUT2D eigenvalue weighted by atomic mass is 10.3. The second kappa shape index (κ2) is 6.85. The second-order valence-corrected chi connectivity index (χ2v) is 4.45. The molecule has 0 spiro atoms. The maximum atomic E-state index is 12.0. The number of imidazole rings is 1. The Morgan fingerprint density at radius 2 is 2.40 bits per heavy atom. The van der Waals surface area contributed by atoms with Crippen molar-refractivity contribution in [2.45, 2.75) is 26.1 Å².